The summed E-state index contributed by atoms with van der Waals surface area (Å²) in [6.45, 7) is 2.23. The molecule has 0 amide bonds. The van der Waals surface area contributed by atoms with Crippen LogP contribution in [0.1, 0.15) is 39.0 Å². The van der Waals surface area contributed by atoms with E-state index in [1.54, 1.807) is 0 Å². The van der Waals surface area contributed by atoms with Gasteiger partial charge >= 0.3 is 0 Å². The van der Waals surface area contributed by atoms with Crippen molar-refractivity contribution >= 4 is 11.8 Å². The number of aromatic nitrogens is 2. The van der Waals surface area contributed by atoms with Crippen LogP contribution in [-0.2, 0) is 0 Å². The average molecular weight is 267 g/mol. The van der Waals surface area contributed by atoms with Crippen LogP contribution in [0.2, 0.25) is 0 Å². The quantitative estimate of drug-likeness (QED) is 0.647. The number of nitrogens with one attached hydrogen (secondary N) is 1. The Hall–Kier alpha value is -1.43. The lowest BCUT2D eigenvalue weighted by atomic mass is 9.84. The number of nitrogen functional groups attached to an aromatic ring is 1. The van der Waals surface area contributed by atoms with E-state index in [0.717, 1.165) is 25.0 Å². The van der Waals surface area contributed by atoms with Gasteiger partial charge in [-0.25, -0.2) is 15.2 Å². The van der Waals surface area contributed by atoms with Crippen molar-refractivity contribution in [3.8, 4) is 0 Å². The van der Waals surface area contributed by atoms with Crippen molar-refractivity contribution in [2.45, 2.75) is 45.1 Å². The van der Waals surface area contributed by atoms with Gasteiger partial charge in [0.1, 0.15) is 0 Å². The van der Waals surface area contributed by atoms with Gasteiger partial charge in [0.05, 0.1) is 6.20 Å². The predicted molar refractivity (Wildman–Crippen MR) is 74.2 cm³/mol. The van der Waals surface area contributed by atoms with Crippen molar-refractivity contribution < 1.29 is 4.39 Å². The van der Waals surface area contributed by atoms with Gasteiger partial charge in [-0.05, 0) is 31.6 Å². The van der Waals surface area contributed by atoms with E-state index in [1.165, 1.54) is 19.3 Å². The number of anilines is 2. The van der Waals surface area contributed by atoms with Gasteiger partial charge in [0.25, 0.3) is 0 Å². The molecule has 1 aromatic rings. The number of nitrogens with zero attached hydrogens (tertiary/aromatic N) is 3. The third-order valence-corrected chi connectivity index (χ3v) is 4.13. The Kier molecular flexibility index (Phi) is 4.52. The first-order valence-electron chi connectivity index (χ1n) is 6.87. The molecule has 6 heteroatoms. The Labute approximate surface area is 113 Å². The summed E-state index contributed by atoms with van der Waals surface area (Å²) < 4.78 is 13.8. The molecule has 1 heterocycles. The minimum absolute atomic E-state index is 0.241. The van der Waals surface area contributed by atoms with E-state index in [0.29, 0.717) is 11.9 Å². The maximum Gasteiger partial charge on any atom is 0.239 e. The minimum atomic E-state index is -0.404. The van der Waals surface area contributed by atoms with Crippen LogP contribution >= 0.6 is 0 Å². The molecule has 0 unspecified atom stereocenters. The van der Waals surface area contributed by atoms with E-state index in [1.807, 2.05) is 11.9 Å². The fraction of sp³-hybridized carbons (Fsp3) is 0.692. The van der Waals surface area contributed by atoms with Crippen LogP contribution in [0.25, 0.3) is 0 Å². The van der Waals surface area contributed by atoms with E-state index in [2.05, 4.69) is 22.3 Å². The summed E-state index contributed by atoms with van der Waals surface area (Å²) in [6.07, 6.45) is 6.99. The highest BCUT2D eigenvalue weighted by atomic mass is 19.1. The predicted octanol–water partition coefficient (Wildman–Crippen LogP) is 2.31. The molecular formula is C13H22FN5. The molecule has 3 N–H and O–H groups in total. The largest absolute Gasteiger partial charge is 0.354 e. The highest BCUT2D eigenvalue weighted by Crippen LogP contribution is 2.31. The monoisotopic (exact) mass is 267 g/mol. The van der Waals surface area contributed by atoms with Crippen LogP contribution < -0.4 is 16.2 Å². The fourth-order valence-electron chi connectivity index (χ4n) is 2.79. The van der Waals surface area contributed by atoms with Gasteiger partial charge in [-0.15, -0.1) is 0 Å². The Balaban J connectivity index is 2.09. The Bertz CT molecular complexity index is 417. The standard InChI is InChI=1S/C13H22FN5/c1-3-9-4-6-10(7-5-9)19(2)12-11(14)8-16-13(17-12)18-15/h8-10H,3-7,15H2,1-2H3,(H,16,17,18). The lowest BCUT2D eigenvalue weighted by Gasteiger charge is -2.35. The smallest absolute Gasteiger partial charge is 0.239 e. The zero-order chi connectivity index (χ0) is 13.8. The van der Waals surface area contributed by atoms with Crippen molar-refractivity contribution in [3.05, 3.63) is 12.0 Å². The summed E-state index contributed by atoms with van der Waals surface area (Å²) in [4.78, 5) is 9.79. The van der Waals surface area contributed by atoms with Gasteiger partial charge in [0.2, 0.25) is 5.95 Å². The molecule has 1 saturated carbocycles. The summed E-state index contributed by atoms with van der Waals surface area (Å²) in [6, 6.07) is 0.345. The lowest BCUT2D eigenvalue weighted by Crippen LogP contribution is -2.36. The van der Waals surface area contributed by atoms with E-state index < -0.39 is 5.82 Å². The van der Waals surface area contributed by atoms with Crippen molar-refractivity contribution in [3.63, 3.8) is 0 Å². The summed E-state index contributed by atoms with van der Waals surface area (Å²) in [7, 11) is 1.89. The molecule has 1 fully saturated rings. The van der Waals surface area contributed by atoms with Crippen LogP contribution in [-0.4, -0.2) is 23.1 Å². The van der Waals surface area contributed by atoms with Crippen LogP contribution in [0.4, 0.5) is 16.2 Å². The van der Waals surface area contributed by atoms with E-state index in [-0.39, 0.29) is 5.95 Å². The molecule has 5 nitrogen and oxygen atoms in total. The maximum absolute atomic E-state index is 13.8. The number of hydrazine groups is 1. The molecule has 1 aromatic heterocycles. The maximum atomic E-state index is 13.8. The summed E-state index contributed by atoms with van der Waals surface area (Å²) in [5.41, 5.74) is 2.35. The van der Waals surface area contributed by atoms with Gasteiger partial charge in [0.15, 0.2) is 11.6 Å². The fourth-order valence-corrected chi connectivity index (χ4v) is 2.79. The highest BCUT2D eigenvalue weighted by molar-refractivity contribution is 5.43. The van der Waals surface area contributed by atoms with Crippen LogP contribution in [0, 0.1) is 11.7 Å². The summed E-state index contributed by atoms with van der Waals surface area (Å²) in [5, 5.41) is 0. The number of hydrogen-bond acceptors (Lipinski definition) is 5. The number of rotatable bonds is 4. The zero-order valence-corrected chi connectivity index (χ0v) is 11.6. The Morgan fingerprint density at radius 3 is 2.68 bits per heavy atom. The van der Waals surface area contributed by atoms with Crippen molar-refractivity contribution in [1.82, 2.24) is 9.97 Å². The second-order valence-corrected chi connectivity index (χ2v) is 5.20. The topological polar surface area (TPSA) is 67.1 Å². The van der Waals surface area contributed by atoms with Gasteiger partial charge in [-0.1, -0.05) is 13.3 Å². The third-order valence-electron chi connectivity index (χ3n) is 4.13. The molecule has 2 rings (SSSR count). The van der Waals surface area contributed by atoms with E-state index >= 15 is 0 Å². The third kappa shape index (κ3) is 3.12. The molecule has 0 aromatic carbocycles. The Morgan fingerprint density at radius 1 is 1.42 bits per heavy atom. The molecule has 0 saturated heterocycles. The first-order chi connectivity index (χ1) is 9.15. The van der Waals surface area contributed by atoms with Crippen molar-refractivity contribution in [2.24, 2.45) is 11.8 Å². The molecular weight excluding hydrogens is 245 g/mol. The van der Waals surface area contributed by atoms with Crippen LogP contribution in [0.3, 0.4) is 0 Å². The van der Waals surface area contributed by atoms with Crippen LogP contribution in [0.15, 0.2) is 6.20 Å². The minimum Gasteiger partial charge on any atom is -0.354 e. The second-order valence-electron chi connectivity index (χ2n) is 5.20. The molecule has 0 spiro atoms. The number of halogens is 1. The molecule has 0 aliphatic heterocycles. The summed E-state index contributed by atoms with van der Waals surface area (Å²) in [5.74, 6) is 6.25. The highest BCUT2D eigenvalue weighted by Gasteiger charge is 2.25. The summed E-state index contributed by atoms with van der Waals surface area (Å²) >= 11 is 0. The first kappa shape index (κ1) is 14.0. The van der Waals surface area contributed by atoms with Crippen molar-refractivity contribution in [1.29, 1.82) is 0 Å². The Morgan fingerprint density at radius 2 is 2.11 bits per heavy atom. The normalized spacial score (nSPS) is 23.2. The molecule has 0 atom stereocenters. The molecule has 0 bridgehead atoms. The number of hydrogen-bond donors (Lipinski definition) is 2. The molecule has 19 heavy (non-hydrogen) atoms. The van der Waals surface area contributed by atoms with Crippen molar-refractivity contribution in [2.75, 3.05) is 17.4 Å². The average Bonchev–Trinajstić information content (AvgIpc) is 2.47. The van der Waals surface area contributed by atoms with E-state index in [9.17, 15) is 4.39 Å². The molecule has 1 aliphatic carbocycles. The van der Waals surface area contributed by atoms with Gasteiger partial charge in [-0.2, -0.15) is 4.98 Å². The van der Waals surface area contributed by atoms with Gasteiger partial charge < -0.3 is 4.90 Å². The second kappa shape index (κ2) is 6.14. The van der Waals surface area contributed by atoms with Gasteiger partial charge in [0, 0.05) is 13.1 Å². The van der Waals surface area contributed by atoms with Gasteiger partial charge in [-0.3, -0.25) is 5.43 Å². The number of nitrogens with two attached hydrogens (primary N) is 1. The molecule has 106 valence electrons. The van der Waals surface area contributed by atoms with Crippen LogP contribution in [0.5, 0.6) is 0 Å². The lowest BCUT2D eigenvalue weighted by molar-refractivity contribution is 0.312. The van der Waals surface area contributed by atoms with E-state index in [4.69, 9.17) is 5.84 Å². The first-order valence-corrected chi connectivity index (χ1v) is 6.87. The SMILES string of the molecule is CCC1CCC(N(C)c2nc(NN)ncc2F)CC1. The molecule has 0 radical (unpaired) electrons. The molecule has 1 aliphatic rings. The zero-order valence-electron chi connectivity index (χ0n) is 11.6.